The van der Waals surface area contributed by atoms with E-state index in [-0.39, 0.29) is 17.8 Å². The number of carbonyl (C=O) groups is 1. The molecule has 1 aromatic rings. The number of aliphatic hydroxyl groups excluding tert-OH is 2. The molecule has 5 nitrogen and oxygen atoms in total. The minimum absolute atomic E-state index is 0.148. The number of nitrogens with two attached hydrogens (primary N) is 1. The average molecular weight is 303 g/mol. The van der Waals surface area contributed by atoms with Crippen molar-refractivity contribution in [2.24, 2.45) is 5.73 Å². The lowest BCUT2D eigenvalue weighted by Crippen LogP contribution is -2.31. The van der Waals surface area contributed by atoms with Crippen LogP contribution < -0.4 is 11.1 Å². The molecule has 0 saturated carbocycles. The molecular formula is C11H15BrN2O3. The largest absolute Gasteiger partial charge is 0.395 e. The van der Waals surface area contributed by atoms with Crippen molar-refractivity contribution < 1.29 is 15.0 Å². The first-order valence-electron chi connectivity index (χ1n) is 5.08. The summed E-state index contributed by atoms with van der Waals surface area (Å²) in [7, 11) is 0. The Morgan fingerprint density at radius 1 is 1.41 bits per heavy atom. The van der Waals surface area contributed by atoms with E-state index in [1.165, 1.54) is 0 Å². The molecule has 1 rings (SSSR count). The van der Waals surface area contributed by atoms with Gasteiger partial charge in [-0.1, -0.05) is 28.1 Å². The van der Waals surface area contributed by atoms with Gasteiger partial charge in [-0.2, -0.15) is 0 Å². The van der Waals surface area contributed by atoms with Crippen LogP contribution in [-0.2, 0) is 4.79 Å². The van der Waals surface area contributed by atoms with E-state index in [2.05, 4.69) is 21.2 Å². The van der Waals surface area contributed by atoms with Crippen LogP contribution in [0, 0.1) is 0 Å². The van der Waals surface area contributed by atoms with E-state index < -0.39 is 12.1 Å². The van der Waals surface area contributed by atoms with Crippen molar-refractivity contribution in [2.75, 3.05) is 17.3 Å². The third-order valence-electron chi connectivity index (χ3n) is 2.27. The number of alkyl halides is 1. The number of rotatable bonds is 5. The van der Waals surface area contributed by atoms with Gasteiger partial charge in [0.2, 0.25) is 5.91 Å². The SMILES string of the molecule is NC(CO)C(O)c1ccc(NC(=O)CBr)cc1. The molecule has 2 atom stereocenters. The molecule has 2 unspecified atom stereocenters. The topological polar surface area (TPSA) is 95.6 Å². The van der Waals surface area contributed by atoms with Crippen LogP contribution in [0.2, 0.25) is 0 Å². The van der Waals surface area contributed by atoms with E-state index in [9.17, 15) is 9.90 Å². The Hall–Kier alpha value is -0.950. The maximum Gasteiger partial charge on any atom is 0.235 e. The highest BCUT2D eigenvalue weighted by molar-refractivity contribution is 9.09. The summed E-state index contributed by atoms with van der Waals surface area (Å²) >= 11 is 3.04. The normalized spacial score (nSPS) is 14.1. The summed E-state index contributed by atoms with van der Waals surface area (Å²) in [5.74, 6) is -0.148. The summed E-state index contributed by atoms with van der Waals surface area (Å²) in [4.78, 5) is 11.1. The van der Waals surface area contributed by atoms with E-state index in [1.807, 2.05) is 0 Å². The van der Waals surface area contributed by atoms with E-state index in [0.717, 1.165) is 0 Å². The molecule has 1 amide bonds. The van der Waals surface area contributed by atoms with E-state index >= 15 is 0 Å². The fourth-order valence-corrected chi connectivity index (χ4v) is 1.45. The minimum Gasteiger partial charge on any atom is -0.395 e. The zero-order valence-corrected chi connectivity index (χ0v) is 10.7. The van der Waals surface area contributed by atoms with Gasteiger partial charge in [-0.25, -0.2) is 0 Å². The molecule has 0 spiro atoms. The van der Waals surface area contributed by atoms with Crippen molar-refractivity contribution in [2.45, 2.75) is 12.1 Å². The highest BCUT2D eigenvalue weighted by Crippen LogP contribution is 2.18. The number of halogens is 1. The van der Waals surface area contributed by atoms with Crippen LogP contribution >= 0.6 is 15.9 Å². The second-order valence-electron chi connectivity index (χ2n) is 3.60. The molecule has 6 heteroatoms. The van der Waals surface area contributed by atoms with Crippen LogP contribution in [0.25, 0.3) is 0 Å². The van der Waals surface area contributed by atoms with Crippen LogP contribution in [0.15, 0.2) is 24.3 Å². The third-order valence-corrected chi connectivity index (χ3v) is 2.78. The molecular weight excluding hydrogens is 288 g/mol. The molecule has 0 aliphatic rings. The smallest absolute Gasteiger partial charge is 0.235 e. The van der Waals surface area contributed by atoms with Gasteiger partial charge in [0.15, 0.2) is 0 Å². The first kappa shape index (κ1) is 14.1. The minimum atomic E-state index is -0.916. The Balaban J connectivity index is 2.70. The predicted molar refractivity (Wildman–Crippen MR) is 68.9 cm³/mol. The summed E-state index contributed by atoms with van der Waals surface area (Å²) in [5, 5.41) is 21.4. The maximum atomic E-state index is 11.1. The van der Waals surface area contributed by atoms with Crippen molar-refractivity contribution in [3.8, 4) is 0 Å². The molecule has 0 aliphatic carbocycles. The van der Waals surface area contributed by atoms with Crippen molar-refractivity contribution in [3.05, 3.63) is 29.8 Å². The van der Waals surface area contributed by atoms with Gasteiger partial charge in [-0.05, 0) is 17.7 Å². The summed E-state index contributed by atoms with van der Waals surface area (Å²) in [6.07, 6.45) is -0.916. The molecule has 0 fully saturated rings. The van der Waals surface area contributed by atoms with Crippen molar-refractivity contribution in [3.63, 3.8) is 0 Å². The molecule has 0 radical (unpaired) electrons. The number of aliphatic hydroxyl groups is 2. The quantitative estimate of drug-likeness (QED) is 0.591. The molecule has 5 N–H and O–H groups in total. The van der Waals surface area contributed by atoms with Crippen LogP contribution in [0.3, 0.4) is 0 Å². The van der Waals surface area contributed by atoms with Gasteiger partial charge >= 0.3 is 0 Å². The average Bonchev–Trinajstić information content (AvgIpc) is 2.37. The molecule has 0 aromatic heterocycles. The molecule has 0 heterocycles. The Bertz CT molecular complexity index is 369. The zero-order chi connectivity index (χ0) is 12.8. The van der Waals surface area contributed by atoms with Crippen LogP contribution in [-0.4, -0.2) is 34.1 Å². The van der Waals surface area contributed by atoms with Gasteiger partial charge in [-0.3, -0.25) is 4.79 Å². The molecule has 0 aliphatic heterocycles. The Labute approximate surface area is 108 Å². The first-order valence-corrected chi connectivity index (χ1v) is 6.21. The van der Waals surface area contributed by atoms with Crippen molar-refractivity contribution in [1.82, 2.24) is 0 Å². The van der Waals surface area contributed by atoms with E-state index in [4.69, 9.17) is 10.8 Å². The van der Waals surface area contributed by atoms with E-state index in [0.29, 0.717) is 11.3 Å². The molecule has 0 bridgehead atoms. The standard InChI is InChI=1S/C11H15BrN2O3/c12-5-10(16)14-8-3-1-7(2-4-8)11(17)9(13)6-15/h1-4,9,11,15,17H,5-6,13H2,(H,14,16). The van der Waals surface area contributed by atoms with Gasteiger partial charge in [0, 0.05) is 5.69 Å². The molecule has 17 heavy (non-hydrogen) atoms. The second kappa shape index (κ2) is 6.70. The number of amides is 1. The lowest BCUT2D eigenvalue weighted by Gasteiger charge is -2.17. The first-order chi connectivity index (χ1) is 8.08. The highest BCUT2D eigenvalue weighted by atomic mass is 79.9. The number of anilines is 1. The Morgan fingerprint density at radius 3 is 2.47 bits per heavy atom. The highest BCUT2D eigenvalue weighted by Gasteiger charge is 2.15. The molecule has 1 aromatic carbocycles. The van der Waals surface area contributed by atoms with Crippen LogP contribution in [0.4, 0.5) is 5.69 Å². The molecule has 0 saturated heterocycles. The fraction of sp³-hybridized carbons (Fsp3) is 0.364. The number of benzene rings is 1. The van der Waals surface area contributed by atoms with Crippen molar-refractivity contribution >= 4 is 27.5 Å². The lowest BCUT2D eigenvalue weighted by molar-refractivity contribution is -0.113. The monoisotopic (exact) mass is 302 g/mol. The van der Waals surface area contributed by atoms with Gasteiger partial charge in [0.05, 0.1) is 24.1 Å². The summed E-state index contributed by atoms with van der Waals surface area (Å²) in [6, 6.07) is 5.94. The van der Waals surface area contributed by atoms with Gasteiger partial charge in [0.1, 0.15) is 0 Å². The summed E-state index contributed by atoms with van der Waals surface area (Å²) < 4.78 is 0. The van der Waals surface area contributed by atoms with E-state index in [1.54, 1.807) is 24.3 Å². The number of hydrogen-bond acceptors (Lipinski definition) is 4. The fourth-order valence-electron chi connectivity index (χ4n) is 1.31. The van der Waals surface area contributed by atoms with Crippen LogP contribution in [0.1, 0.15) is 11.7 Å². The summed E-state index contributed by atoms with van der Waals surface area (Å²) in [6.45, 7) is -0.288. The summed E-state index contributed by atoms with van der Waals surface area (Å²) in [5.41, 5.74) is 6.75. The molecule has 94 valence electrons. The number of nitrogens with one attached hydrogen (secondary N) is 1. The van der Waals surface area contributed by atoms with Gasteiger partial charge < -0.3 is 21.3 Å². The lowest BCUT2D eigenvalue weighted by atomic mass is 10.0. The Kier molecular flexibility index (Phi) is 5.57. The zero-order valence-electron chi connectivity index (χ0n) is 9.14. The second-order valence-corrected chi connectivity index (χ2v) is 4.16. The third kappa shape index (κ3) is 4.08. The van der Waals surface area contributed by atoms with Gasteiger partial charge in [0.25, 0.3) is 0 Å². The Morgan fingerprint density at radius 2 is 2.00 bits per heavy atom. The predicted octanol–water partition coefficient (Wildman–Crippen LogP) is 0.373. The number of carbonyl (C=O) groups excluding carboxylic acids is 1. The maximum absolute atomic E-state index is 11.1. The van der Waals surface area contributed by atoms with Crippen LogP contribution in [0.5, 0.6) is 0 Å². The van der Waals surface area contributed by atoms with Crippen molar-refractivity contribution in [1.29, 1.82) is 0 Å². The van der Waals surface area contributed by atoms with Gasteiger partial charge in [-0.15, -0.1) is 0 Å². The number of hydrogen-bond donors (Lipinski definition) is 4.